The molecule has 0 amide bonds. The minimum absolute atomic E-state index is 0.170. The topological polar surface area (TPSA) is 50.9 Å². The van der Waals surface area contributed by atoms with Crippen LogP contribution >= 0.6 is 0 Å². The maximum atomic E-state index is 12.2. The standard InChI is InChI=1S/C56H49N3O/c1-55(2,3)45-35-48(53(60)49(36-45)56(4,5)6)54-58-52-47(23-16-24-51(52)59(54)46-21-14-9-15-22-46)43-31-42(38-19-12-8-13-20-38)32-44(33-43)50-34-41(29-30-57-50)40-27-25-39(26-28-40)37-17-10-7-11-18-37/h7-36,60H,1-6H3/i7D,10D,11D,17D,18D. The Labute approximate surface area is 360 Å². The van der Waals surface area contributed by atoms with Crippen molar-refractivity contribution in [1.82, 2.24) is 14.5 Å². The Bertz CT molecular complexity index is 3250. The van der Waals surface area contributed by atoms with Crippen molar-refractivity contribution < 1.29 is 12.0 Å². The Kier molecular flexibility index (Phi) is 8.37. The van der Waals surface area contributed by atoms with E-state index < -0.39 is 6.04 Å². The van der Waals surface area contributed by atoms with Gasteiger partial charge in [-0.3, -0.25) is 9.55 Å². The van der Waals surface area contributed by atoms with Crippen molar-refractivity contribution in [2.45, 2.75) is 52.4 Å². The molecule has 60 heavy (non-hydrogen) atoms. The minimum atomic E-state index is -0.413. The van der Waals surface area contributed by atoms with Crippen LogP contribution in [-0.4, -0.2) is 19.6 Å². The molecule has 0 fully saturated rings. The maximum absolute atomic E-state index is 12.2. The number of fused-ring (bicyclic) bond motifs is 1. The first-order valence-electron chi connectivity index (χ1n) is 22.8. The SMILES string of the molecule is [2H]c1c([2H])c([2H])c(-c2ccc(-c3ccnc(-c4cc(-c5ccccc5)cc(-c5cccc6c5nc(-c5cc(C(C)(C)C)cc(C(C)(C)C)c5O)n6-c5ccccc5)c4)c3)cc2)c([2H])c1[2H]. The van der Waals surface area contributed by atoms with E-state index in [0.29, 0.717) is 17.0 Å². The summed E-state index contributed by atoms with van der Waals surface area (Å²) in [7, 11) is 0. The Balaban J connectivity index is 1.22. The molecule has 1 N–H and O–H groups in total. The number of aromatic nitrogens is 3. The van der Waals surface area contributed by atoms with Gasteiger partial charge in [0.25, 0.3) is 0 Å². The molecule has 0 atom stereocenters. The normalized spacial score (nSPS) is 13.1. The lowest BCUT2D eigenvalue weighted by atomic mass is 9.79. The zero-order valence-corrected chi connectivity index (χ0v) is 34.7. The average molecular weight is 785 g/mol. The molecule has 0 bridgehead atoms. The first kappa shape index (κ1) is 32.9. The van der Waals surface area contributed by atoms with Gasteiger partial charge in [-0.05, 0) is 110 Å². The van der Waals surface area contributed by atoms with Crippen LogP contribution in [0.1, 0.15) is 59.5 Å². The number of pyridine rings is 1. The van der Waals surface area contributed by atoms with E-state index in [-0.39, 0.29) is 46.3 Å². The number of rotatable bonds is 7. The highest BCUT2D eigenvalue weighted by atomic mass is 16.3. The van der Waals surface area contributed by atoms with Crippen molar-refractivity contribution in [3.05, 3.63) is 193 Å². The van der Waals surface area contributed by atoms with Gasteiger partial charge in [0, 0.05) is 28.6 Å². The van der Waals surface area contributed by atoms with Gasteiger partial charge in [0.05, 0.1) is 29.1 Å². The molecule has 0 saturated carbocycles. The molecule has 9 rings (SSSR count). The van der Waals surface area contributed by atoms with Crippen molar-refractivity contribution in [3.8, 4) is 78.6 Å². The number of para-hydroxylation sites is 2. The van der Waals surface area contributed by atoms with Crippen LogP contribution in [0.15, 0.2) is 182 Å². The van der Waals surface area contributed by atoms with Gasteiger partial charge in [0.2, 0.25) is 0 Å². The summed E-state index contributed by atoms with van der Waals surface area (Å²) in [6.07, 6.45) is 1.79. The molecule has 2 heterocycles. The fraction of sp³-hybridized carbons (Fsp3) is 0.143. The molecule has 7 aromatic carbocycles. The predicted molar refractivity (Wildman–Crippen MR) is 251 cm³/mol. The third kappa shape index (κ3) is 7.42. The molecular weight excluding hydrogens is 731 g/mol. The Morgan fingerprint density at radius 3 is 1.83 bits per heavy atom. The lowest BCUT2D eigenvalue weighted by Gasteiger charge is -2.27. The van der Waals surface area contributed by atoms with Crippen LogP contribution in [0.2, 0.25) is 0 Å². The number of aromatic hydroxyl groups is 1. The molecule has 294 valence electrons. The number of phenolic OH excluding ortho intramolecular Hbond substituents is 1. The number of nitrogens with zero attached hydrogens (tertiary/aromatic N) is 3. The van der Waals surface area contributed by atoms with E-state index in [0.717, 1.165) is 72.5 Å². The molecule has 0 saturated heterocycles. The molecule has 0 radical (unpaired) electrons. The van der Waals surface area contributed by atoms with Crippen LogP contribution in [0.4, 0.5) is 0 Å². The van der Waals surface area contributed by atoms with E-state index in [2.05, 4.69) is 119 Å². The number of phenols is 1. The van der Waals surface area contributed by atoms with Gasteiger partial charge in [-0.25, -0.2) is 4.98 Å². The van der Waals surface area contributed by atoms with Crippen molar-refractivity contribution >= 4 is 11.0 Å². The second kappa shape index (κ2) is 15.3. The number of hydrogen-bond donors (Lipinski definition) is 1. The lowest BCUT2D eigenvalue weighted by molar-refractivity contribution is 0.446. The zero-order valence-electron chi connectivity index (χ0n) is 39.7. The first-order chi connectivity index (χ1) is 31.0. The van der Waals surface area contributed by atoms with Crippen LogP contribution in [0.5, 0.6) is 5.75 Å². The minimum Gasteiger partial charge on any atom is -0.507 e. The summed E-state index contributed by atoms with van der Waals surface area (Å²) in [6.45, 7) is 13.0. The first-order valence-corrected chi connectivity index (χ1v) is 20.3. The van der Waals surface area contributed by atoms with Crippen LogP contribution < -0.4 is 0 Å². The van der Waals surface area contributed by atoms with E-state index in [1.807, 2.05) is 60.7 Å². The third-order valence-electron chi connectivity index (χ3n) is 11.1. The van der Waals surface area contributed by atoms with E-state index in [1.165, 1.54) is 0 Å². The monoisotopic (exact) mass is 784 g/mol. The second-order valence-corrected chi connectivity index (χ2v) is 17.4. The quantitative estimate of drug-likeness (QED) is 0.175. The summed E-state index contributed by atoms with van der Waals surface area (Å²) in [6, 6.07) is 47.3. The van der Waals surface area contributed by atoms with E-state index in [9.17, 15) is 5.11 Å². The molecule has 2 aromatic heterocycles. The van der Waals surface area contributed by atoms with Crippen LogP contribution in [0.3, 0.4) is 0 Å². The fourth-order valence-electron chi connectivity index (χ4n) is 7.88. The summed E-state index contributed by atoms with van der Waals surface area (Å²) >= 11 is 0. The van der Waals surface area contributed by atoms with Gasteiger partial charge in [0.15, 0.2) is 0 Å². The highest BCUT2D eigenvalue weighted by molar-refractivity contribution is 5.98. The maximum Gasteiger partial charge on any atom is 0.149 e. The molecule has 9 aromatic rings. The van der Waals surface area contributed by atoms with Crippen molar-refractivity contribution in [1.29, 1.82) is 0 Å². The molecule has 0 aliphatic carbocycles. The highest BCUT2D eigenvalue weighted by Crippen LogP contribution is 2.45. The highest BCUT2D eigenvalue weighted by Gasteiger charge is 2.28. The predicted octanol–water partition coefficient (Wildman–Crippen LogP) is 14.7. The van der Waals surface area contributed by atoms with E-state index >= 15 is 0 Å². The number of imidazole rings is 1. The summed E-state index contributed by atoms with van der Waals surface area (Å²) in [5.74, 6) is 0.877. The molecule has 0 aliphatic heterocycles. The molecule has 0 spiro atoms. The van der Waals surface area contributed by atoms with Crippen molar-refractivity contribution in [3.63, 3.8) is 0 Å². The smallest absolute Gasteiger partial charge is 0.149 e. The third-order valence-corrected chi connectivity index (χ3v) is 11.1. The lowest BCUT2D eigenvalue weighted by Crippen LogP contribution is -2.17. The summed E-state index contributed by atoms with van der Waals surface area (Å²) in [5.41, 5.74) is 12.9. The van der Waals surface area contributed by atoms with Gasteiger partial charge < -0.3 is 5.11 Å². The Hall–Kier alpha value is -7.04. The van der Waals surface area contributed by atoms with Gasteiger partial charge in [-0.1, -0.05) is 163 Å². The van der Waals surface area contributed by atoms with Gasteiger partial charge in [0.1, 0.15) is 11.6 Å². The Morgan fingerprint density at radius 1 is 0.517 bits per heavy atom. The van der Waals surface area contributed by atoms with E-state index in [4.69, 9.17) is 16.8 Å². The average Bonchev–Trinajstić information content (AvgIpc) is 3.70. The zero-order chi connectivity index (χ0) is 45.9. The van der Waals surface area contributed by atoms with Crippen LogP contribution in [0, 0.1) is 0 Å². The summed E-state index contributed by atoms with van der Waals surface area (Å²) in [5, 5.41) is 12.2. The molecule has 0 aliphatic rings. The molecular formula is C56H49N3O. The Morgan fingerprint density at radius 2 is 1.15 bits per heavy atom. The van der Waals surface area contributed by atoms with Gasteiger partial charge >= 0.3 is 0 Å². The summed E-state index contributed by atoms with van der Waals surface area (Å²) in [4.78, 5) is 10.4. The summed E-state index contributed by atoms with van der Waals surface area (Å²) < 4.78 is 43.4. The molecule has 4 heteroatoms. The number of hydrogen-bond acceptors (Lipinski definition) is 3. The molecule has 0 unspecified atom stereocenters. The van der Waals surface area contributed by atoms with Gasteiger partial charge in [-0.15, -0.1) is 0 Å². The molecule has 4 nitrogen and oxygen atoms in total. The fourth-order valence-corrected chi connectivity index (χ4v) is 7.88. The number of benzene rings is 7. The van der Waals surface area contributed by atoms with Crippen molar-refractivity contribution in [2.75, 3.05) is 0 Å². The van der Waals surface area contributed by atoms with Crippen molar-refractivity contribution in [2.24, 2.45) is 0 Å². The van der Waals surface area contributed by atoms with Gasteiger partial charge in [-0.2, -0.15) is 0 Å². The van der Waals surface area contributed by atoms with E-state index in [1.54, 1.807) is 18.3 Å². The second-order valence-electron chi connectivity index (χ2n) is 17.4. The largest absolute Gasteiger partial charge is 0.507 e. The van der Waals surface area contributed by atoms with Crippen LogP contribution in [-0.2, 0) is 10.8 Å². The van der Waals surface area contributed by atoms with Crippen LogP contribution in [0.25, 0.3) is 83.9 Å².